The van der Waals surface area contributed by atoms with E-state index in [4.69, 9.17) is 17.3 Å². The van der Waals surface area contributed by atoms with Crippen LogP contribution >= 0.6 is 11.6 Å². The Labute approximate surface area is 105 Å². The average molecular weight is 281 g/mol. The second-order valence-electron chi connectivity index (χ2n) is 4.37. The summed E-state index contributed by atoms with van der Waals surface area (Å²) in [5.41, 5.74) is 4.92. The molecular weight excluding hydrogens is 267 g/mol. The number of hydrogen-bond donors (Lipinski definition) is 2. The summed E-state index contributed by atoms with van der Waals surface area (Å²) in [5, 5.41) is -0.236. The molecule has 3 N–H and O–H groups in total. The van der Waals surface area contributed by atoms with E-state index < -0.39 is 26.3 Å². The molecule has 0 radical (unpaired) electrons. The molecule has 0 unspecified atom stereocenters. The first-order valence-corrected chi connectivity index (χ1v) is 6.72. The number of nitrogens with two attached hydrogens (primary N) is 1. The van der Waals surface area contributed by atoms with Crippen LogP contribution in [0.3, 0.4) is 0 Å². The number of halogens is 2. The van der Waals surface area contributed by atoms with E-state index in [0.717, 1.165) is 6.07 Å². The summed E-state index contributed by atoms with van der Waals surface area (Å²) in [6.07, 6.45) is 0. The number of sulfonamides is 1. The number of rotatable bonds is 4. The summed E-state index contributed by atoms with van der Waals surface area (Å²) in [7, 11) is -3.94. The van der Waals surface area contributed by atoms with Gasteiger partial charge in [-0.2, -0.15) is 0 Å². The quantitative estimate of drug-likeness (QED) is 0.878. The van der Waals surface area contributed by atoms with Gasteiger partial charge in [-0.05, 0) is 26.0 Å². The molecule has 1 aromatic rings. The lowest BCUT2D eigenvalue weighted by Crippen LogP contribution is -2.45. The molecule has 17 heavy (non-hydrogen) atoms. The molecule has 0 saturated carbocycles. The highest BCUT2D eigenvalue weighted by molar-refractivity contribution is 7.89. The Morgan fingerprint density at radius 1 is 1.47 bits per heavy atom. The zero-order valence-corrected chi connectivity index (χ0v) is 11.1. The van der Waals surface area contributed by atoms with Crippen LogP contribution < -0.4 is 10.5 Å². The molecule has 0 aliphatic carbocycles. The van der Waals surface area contributed by atoms with Crippen LogP contribution in [0.5, 0.6) is 0 Å². The van der Waals surface area contributed by atoms with Gasteiger partial charge >= 0.3 is 0 Å². The Balaban J connectivity index is 3.02. The maximum atomic E-state index is 13.5. The molecule has 96 valence electrons. The van der Waals surface area contributed by atoms with Crippen LogP contribution in [0.25, 0.3) is 0 Å². The number of benzene rings is 1. The van der Waals surface area contributed by atoms with Gasteiger partial charge in [-0.15, -0.1) is 0 Å². The summed E-state index contributed by atoms with van der Waals surface area (Å²) in [6.45, 7) is 3.31. The molecule has 4 nitrogen and oxygen atoms in total. The minimum atomic E-state index is -3.94. The van der Waals surface area contributed by atoms with Gasteiger partial charge in [-0.3, -0.25) is 0 Å². The van der Waals surface area contributed by atoms with Crippen molar-refractivity contribution in [3.63, 3.8) is 0 Å². The first-order valence-electron chi connectivity index (χ1n) is 4.86. The lowest BCUT2D eigenvalue weighted by atomic mass is 10.1. The number of nitrogens with one attached hydrogen (secondary N) is 1. The van der Waals surface area contributed by atoms with E-state index in [-0.39, 0.29) is 11.6 Å². The fraction of sp³-hybridized carbons (Fsp3) is 0.400. The monoisotopic (exact) mass is 280 g/mol. The molecule has 0 amide bonds. The summed E-state index contributed by atoms with van der Waals surface area (Å²) >= 11 is 5.52. The Morgan fingerprint density at radius 3 is 2.59 bits per heavy atom. The molecule has 0 aliphatic rings. The van der Waals surface area contributed by atoms with Gasteiger partial charge in [0, 0.05) is 12.1 Å². The molecule has 0 atom stereocenters. The third kappa shape index (κ3) is 3.92. The predicted molar refractivity (Wildman–Crippen MR) is 64.9 cm³/mol. The van der Waals surface area contributed by atoms with Crippen LogP contribution in [0.15, 0.2) is 23.1 Å². The summed E-state index contributed by atoms with van der Waals surface area (Å²) in [5.74, 6) is -0.962. The second kappa shape index (κ2) is 4.89. The van der Waals surface area contributed by atoms with Crippen LogP contribution in [-0.2, 0) is 10.0 Å². The zero-order valence-electron chi connectivity index (χ0n) is 9.50. The molecule has 0 aromatic heterocycles. The van der Waals surface area contributed by atoms with Crippen molar-refractivity contribution < 1.29 is 12.8 Å². The van der Waals surface area contributed by atoms with Crippen LogP contribution in [0.1, 0.15) is 13.8 Å². The van der Waals surface area contributed by atoms with E-state index in [1.165, 1.54) is 12.1 Å². The van der Waals surface area contributed by atoms with Crippen molar-refractivity contribution in [1.29, 1.82) is 0 Å². The van der Waals surface area contributed by atoms with Crippen LogP contribution in [0.2, 0.25) is 5.02 Å². The van der Waals surface area contributed by atoms with Crippen LogP contribution in [-0.4, -0.2) is 20.5 Å². The van der Waals surface area contributed by atoms with Gasteiger partial charge in [0.2, 0.25) is 10.0 Å². The SMILES string of the molecule is CC(C)(N)CNS(=O)(=O)c1cccc(Cl)c1F. The van der Waals surface area contributed by atoms with Crippen molar-refractivity contribution in [3.8, 4) is 0 Å². The van der Waals surface area contributed by atoms with Crippen molar-refractivity contribution in [1.82, 2.24) is 4.72 Å². The lowest BCUT2D eigenvalue weighted by Gasteiger charge is -2.19. The standard InChI is InChI=1S/C10H14ClFN2O2S/c1-10(2,13)6-14-17(15,16)8-5-3-4-7(11)9(8)12/h3-5,14H,6,13H2,1-2H3. The van der Waals surface area contributed by atoms with Gasteiger partial charge in [0.1, 0.15) is 4.90 Å². The van der Waals surface area contributed by atoms with Crippen molar-refractivity contribution in [3.05, 3.63) is 29.0 Å². The largest absolute Gasteiger partial charge is 0.324 e. The Kier molecular flexibility index (Phi) is 4.14. The summed E-state index contributed by atoms with van der Waals surface area (Å²) in [6, 6.07) is 3.80. The van der Waals surface area contributed by atoms with E-state index in [9.17, 15) is 12.8 Å². The van der Waals surface area contributed by atoms with Crippen molar-refractivity contribution >= 4 is 21.6 Å². The minimum absolute atomic E-state index is 0.00128. The molecular formula is C10H14ClFN2O2S. The molecule has 0 spiro atoms. The molecule has 1 aromatic carbocycles. The molecule has 0 saturated heterocycles. The normalized spacial score (nSPS) is 12.8. The first-order chi connectivity index (χ1) is 7.63. The van der Waals surface area contributed by atoms with Gasteiger partial charge in [0.05, 0.1) is 5.02 Å². The molecule has 0 heterocycles. The van der Waals surface area contributed by atoms with E-state index in [2.05, 4.69) is 4.72 Å². The van der Waals surface area contributed by atoms with E-state index in [0.29, 0.717) is 0 Å². The average Bonchev–Trinajstić information content (AvgIpc) is 2.18. The third-order valence-corrected chi connectivity index (χ3v) is 3.63. The topological polar surface area (TPSA) is 72.2 Å². The van der Waals surface area contributed by atoms with Crippen LogP contribution in [0, 0.1) is 5.82 Å². The molecule has 0 bridgehead atoms. The van der Waals surface area contributed by atoms with Gasteiger partial charge in [0.25, 0.3) is 0 Å². The van der Waals surface area contributed by atoms with Crippen LogP contribution in [0.4, 0.5) is 4.39 Å². The minimum Gasteiger partial charge on any atom is -0.324 e. The Morgan fingerprint density at radius 2 is 2.06 bits per heavy atom. The van der Waals surface area contributed by atoms with Gasteiger partial charge in [0.15, 0.2) is 5.82 Å². The maximum Gasteiger partial charge on any atom is 0.243 e. The predicted octanol–water partition coefficient (Wildman–Crippen LogP) is 1.49. The van der Waals surface area contributed by atoms with Gasteiger partial charge in [-0.25, -0.2) is 17.5 Å². The van der Waals surface area contributed by atoms with Crippen molar-refractivity contribution in [2.45, 2.75) is 24.3 Å². The zero-order chi connectivity index (χ0) is 13.3. The van der Waals surface area contributed by atoms with Gasteiger partial charge in [-0.1, -0.05) is 17.7 Å². The second-order valence-corrected chi connectivity index (χ2v) is 6.51. The number of hydrogen-bond acceptors (Lipinski definition) is 3. The van der Waals surface area contributed by atoms with E-state index in [1.807, 2.05) is 0 Å². The lowest BCUT2D eigenvalue weighted by molar-refractivity contribution is 0.494. The highest BCUT2D eigenvalue weighted by Gasteiger charge is 2.22. The smallest absolute Gasteiger partial charge is 0.243 e. The molecule has 1 rings (SSSR count). The highest BCUT2D eigenvalue weighted by Crippen LogP contribution is 2.21. The third-order valence-electron chi connectivity index (χ3n) is 1.92. The highest BCUT2D eigenvalue weighted by atomic mass is 35.5. The van der Waals surface area contributed by atoms with Crippen molar-refractivity contribution in [2.75, 3.05) is 6.54 Å². The Bertz CT molecular complexity index is 512. The Hall–Kier alpha value is -0.690. The fourth-order valence-electron chi connectivity index (χ4n) is 1.05. The molecule has 0 aliphatic heterocycles. The van der Waals surface area contributed by atoms with E-state index in [1.54, 1.807) is 13.8 Å². The van der Waals surface area contributed by atoms with Crippen molar-refractivity contribution in [2.24, 2.45) is 5.73 Å². The molecule has 0 fully saturated rings. The van der Waals surface area contributed by atoms with Gasteiger partial charge < -0.3 is 5.73 Å². The maximum absolute atomic E-state index is 13.5. The van der Waals surface area contributed by atoms with E-state index >= 15 is 0 Å². The summed E-state index contributed by atoms with van der Waals surface area (Å²) < 4.78 is 39.3. The fourth-order valence-corrected chi connectivity index (χ4v) is 2.60. The summed E-state index contributed by atoms with van der Waals surface area (Å²) in [4.78, 5) is -0.478. The first kappa shape index (κ1) is 14.4. The molecule has 7 heteroatoms.